The molecule has 0 aliphatic carbocycles. The van der Waals surface area contributed by atoms with Crippen molar-refractivity contribution in [3.05, 3.63) is 0 Å². The lowest BCUT2D eigenvalue weighted by Crippen LogP contribution is -2.33. The molecule has 58 valence electrons. The average Bonchev–Trinajstić information content (AvgIpc) is 1.86. The minimum atomic E-state index is -0.289. The van der Waals surface area contributed by atoms with Gasteiger partial charge in [0, 0.05) is 6.92 Å². The molecule has 1 atom stereocenters. The molecule has 0 aromatic rings. The van der Waals surface area contributed by atoms with Gasteiger partial charge in [0.15, 0.2) is 0 Å². The van der Waals surface area contributed by atoms with Crippen molar-refractivity contribution in [3.63, 3.8) is 0 Å². The van der Waals surface area contributed by atoms with Crippen molar-refractivity contribution in [3.8, 4) is 0 Å². The Labute approximate surface area is 60.8 Å². The van der Waals surface area contributed by atoms with Gasteiger partial charge in [0.2, 0.25) is 5.91 Å². The van der Waals surface area contributed by atoms with Gasteiger partial charge in [0.1, 0.15) is 6.29 Å². The zero-order chi connectivity index (χ0) is 7.98. The van der Waals surface area contributed by atoms with Crippen molar-refractivity contribution in [1.29, 1.82) is 0 Å². The van der Waals surface area contributed by atoms with Crippen molar-refractivity contribution in [2.75, 3.05) is 0 Å². The summed E-state index contributed by atoms with van der Waals surface area (Å²) < 4.78 is 0. The summed E-state index contributed by atoms with van der Waals surface area (Å²) in [5, 5.41) is 2.52. The quantitative estimate of drug-likeness (QED) is 0.582. The maximum atomic E-state index is 10.4. The van der Waals surface area contributed by atoms with Crippen LogP contribution in [0.15, 0.2) is 0 Å². The summed E-state index contributed by atoms with van der Waals surface area (Å²) in [5.74, 6) is -0.148. The summed E-state index contributed by atoms with van der Waals surface area (Å²) in [5.41, 5.74) is 0. The van der Waals surface area contributed by atoms with E-state index in [0.717, 1.165) is 19.1 Å². The van der Waals surface area contributed by atoms with Gasteiger partial charge in [0.25, 0.3) is 0 Å². The number of nitrogens with one attached hydrogen (secondary N) is 1. The van der Waals surface area contributed by atoms with Crippen LogP contribution in [0, 0.1) is 0 Å². The predicted molar refractivity (Wildman–Crippen MR) is 38.6 cm³/mol. The maximum absolute atomic E-state index is 10.4. The molecule has 0 heterocycles. The van der Waals surface area contributed by atoms with E-state index in [4.69, 9.17) is 0 Å². The van der Waals surface area contributed by atoms with Crippen molar-refractivity contribution in [2.45, 2.75) is 32.7 Å². The number of hydrogen-bond acceptors (Lipinski definition) is 2. The van der Waals surface area contributed by atoms with Crippen LogP contribution in [0.3, 0.4) is 0 Å². The zero-order valence-corrected chi connectivity index (χ0v) is 6.39. The Morgan fingerprint density at radius 1 is 1.70 bits per heavy atom. The van der Waals surface area contributed by atoms with Gasteiger partial charge in [-0.25, -0.2) is 0 Å². The molecule has 0 aromatic carbocycles. The summed E-state index contributed by atoms with van der Waals surface area (Å²) >= 11 is 0. The van der Waals surface area contributed by atoms with Crippen LogP contribution in [0.25, 0.3) is 0 Å². The van der Waals surface area contributed by atoms with Crippen LogP contribution < -0.4 is 5.32 Å². The second kappa shape index (κ2) is 4.97. The first-order valence-corrected chi connectivity index (χ1v) is 3.43. The van der Waals surface area contributed by atoms with Crippen molar-refractivity contribution >= 4 is 12.2 Å². The van der Waals surface area contributed by atoms with E-state index in [1.54, 1.807) is 0 Å². The van der Waals surface area contributed by atoms with E-state index in [2.05, 4.69) is 5.32 Å². The van der Waals surface area contributed by atoms with E-state index >= 15 is 0 Å². The van der Waals surface area contributed by atoms with Crippen LogP contribution in [-0.4, -0.2) is 18.2 Å². The van der Waals surface area contributed by atoms with Gasteiger partial charge in [-0.1, -0.05) is 13.3 Å². The molecule has 0 aliphatic heterocycles. The van der Waals surface area contributed by atoms with Gasteiger partial charge in [-0.05, 0) is 6.42 Å². The molecule has 0 bridgehead atoms. The Bertz CT molecular complexity index is 123. The van der Waals surface area contributed by atoms with E-state index in [-0.39, 0.29) is 11.9 Å². The lowest BCUT2D eigenvalue weighted by atomic mass is 10.2. The zero-order valence-electron chi connectivity index (χ0n) is 6.39. The summed E-state index contributed by atoms with van der Waals surface area (Å²) in [6.45, 7) is 3.38. The van der Waals surface area contributed by atoms with Crippen molar-refractivity contribution in [1.82, 2.24) is 5.32 Å². The van der Waals surface area contributed by atoms with Crippen molar-refractivity contribution < 1.29 is 9.59 Å². The highest BCUT2D eigenvalue weighted by molar-refractivity contribution is 5.77. The predicted octanol–water partition coefficient (Wildman–Crippen LogP) is 0.490. The molecule has 1 amide bonds. The smallest absolute Gasteiger partial charge is 0.217 e. The highest BCUT2D eigenvalue weighted by Crippen LogP contribution is 1.91. The summed E-state index contributed by atoms with van der Waals surface area (Å²) in [6.07, 6.45) is 2.40. The highest BCUT2D eigenvalue weighted by atomic mass is 16.2. The first-order valence-electron chi connectivity index (χ1n) is 3.43. The Kier molecular flexibility index (Phi) is 4.54. The first kappa shape index (κ1) is 9.14. The third-order valence-corrected chi connectivity index (χ3v) is 1.15. The second-order valence-electron chi connectivity index (χ2n) is 2.23. The number of carbonyl (C=O) groups is 2. The third kappa shape index (κ3) is 4.06. The fourth-order valence-corrected chi connectivity index (χ4v) is 0.746. The topological polar surface area (TPSA) is 46.2 Å². The van der Waals surface area contributed by atoms with Crippen molar-refractivity contribution in [2.24, 2.45) is 0 Å². The molecule has 0 rings (SSSR count). The molecule has 0 saturated carbocycles. The molecule has 0 spiro atoms. The molecule has 0 radical (unpaired) electrons. The number of rotatable bonds is 4. The summed E-state index contributed by atoms with van der Waals surface area (Å²) in [4.78, 5) is 20.6. The Morgan fingerprint density at radius 3 is 2.60 bits per heavy atom. The molecule has 1 unspecified atom stereocenters. The van der Waals surface area contributed by atoms with Crippen LogP contribution in [0.4, 0.5) is 0 Å². The van der Waals surface area contributed by atoms with Gasteiger partial charge < -0.3 is 10.1 Å². The fourth-order valence-electron chi connectivity index (χ4n) is 0.746. The van der Waals surface area contributed by atoms with Gasteiger partial charge in [-0.2, -0.15) is 0 Å². The molecule has 3 nitrogen and oxygen atoms in total. The molecular weight excluding hydrogens is 130 g/mol. The van der Waals surface area contributed by atoms with Gasteiger partial charge in [-0.3, -0.25) is 4.79 Å². The minimum absolute atomic E-state index is 0.148. The van der Waals surface area contributed by atoms with E-state index < -0.39 is 0 Å². The monoisotopic (exact) mass is 143 g/mol. The lowest BCUT2D eigenvalue weighted by Gasteiger charge is -2.07. The Hall–Kier alpha value is -0.860. The van der Waals surface area contributed by atoms with Gasteiger partial charge in [0.05, 0.1) is 6.04 Å². The third-order valence-electron chi connectivity index (χ3n) is 1.15. The molecule has 1 N–H and O–H groups in total. The van der Waals surface area contributed by atoms with E-state index in [9.17, 15) is 9.59 Å². The normalized spacial score (nSPS) is 12.2. The summed E-state index contributed by atoms with van der Waals surface area (Å²) in [6, 6.07) is -0.289. The standard InChI is InChI=1S/C7H13NO2/c1-3-4-7(5-9)8-6(2)10/h5,7H,3-4H2,1-2H3,(H,8,10). The second-order valence-corrected chi connectivity index (χ2v) is 2.23. The maximum Gasteiger partial charge on any atom is 0.217 e. The summed E-state index contributed by atoms with van der Waals surface area (Å²) in [7, 11) is 0. The molecule has 0 saturated heterocycles. The molecular formula is C7H13NO2. The fraction of sp³-hybridized carbons (Fsp3) is 0.714. The molecule has 0 aliphatic rings. The van der Waals surface area contributed by atoms with Crippen LogP contribution in [-0.2, 0) is 9.59 Å². The van der Waals surface area contributed by atoms with Gasteiger partial charge in [-0.15, -0.1) is 0 Å². The molecule has 0 aromatic heterocycles. The number of aldehydes is 1. The van der Waals surface area contributed by atoms with Crippen LogP contribution in [0.1, 0.15) is 26.7 Å². The van der Waals surface area contributed by atoms with E-state index in [1.165, 1.54) is 6.92 Å². The van der Waals surface area contributed by atoms with Crippen LogP contribution in [0.5, 0.6) is 0 Å². The minimum Gasteiger partial charge on any atom is -0.347 e. The number of carbonyl (C=O) groups excluding carboxylic acids is 2. The number of hydrogen-bond donors (Lipinski definition) is 1. The van der Waals surface area contributed by atoms with Gasteiger partial charge >= 0.3 is 0 Å². The van der Waals surface area contributed by atoms with Crippen LogP contribution in [0.2, 0.25) is 0 Å². The molecule has 10 heavy (non-hydrogen) atoms. The Morgan fingerprint density at radius 2 is 2.30 bits per heavy atom. The number of amides is 1. The highest BCUT2D eigenvalue weighted by Gasteiger charge is 2.04. The SMILES string of the molecule is CCCC(C=O)NC(C)=O. The largest absolute Gasteiger partial charge is 0.347 e. The van der Waals surface area contributed by atoms with E-state index in [0.29, 0.717) is 0 Å². The molecule has 0 fully saturated rings. The van der Waals surface area contributed by atoms with Crippen LogP contribution >= 0.6 is 0 Å². The first-order chi connectivity index (χ1) is 4.70. The molecule has 3 heteroatoms. The lowest BCUT2D eigenvalue weighted by molar-refractivity contribution is -0.122. The Balaban J connectivity index is 3.59. The van der Waals surface area contributed by atoms with E-state index in [1.807, 2.05) is 6.92 Å². The average molecular weight is 143 g/mol.